The molecule has 0 radical (unpaired) electrons. The molecule has 0 spiro atoms. The molecule has 1 unspecified atom stereocenters. The Labute approximate surface area is 114 Å². The first-order chi connectivity index (χ1) is 9.06. The fraction of sp³-hybridized carbons (Fsp3) is 0.533. The molecule has 0 saturated carbocycles. The van der Waals surface area contributed by atoms with Gasteiger partial charge in [-0.3, -0.25) is 4.79 Å². The van der Waals surface area contributed by atoms with Crippen molar-refractivity contribution < 1.29 is 9.18 Å². The quantitative estimate of drug-likeness (QED) is 0.796. The number of amides is 1. The van der Waals surface area contributed by atoms with Crippen molar-refractivity contribution in [1.82, 2.24) is 5.32 Å². The van der Waals surface area contributed by atoms with E-state index in [9.17, 15) is 9.18 Å². The summed E-state index contributed by atoms with van der Waals surface area (Å²) in [4.78, 5) is 11.7. The Morgan fingerprint density at radius 1 is 1.32 bits per heavy atom. The summed E-state index contributed by atoms with van der Waals surface area (Å²) in [5.74, 6) is 0.0709. The predicted octanol–water partition coefficient (Wildman–Crippen LogP) is 3.18. The smallest absolute Gasteiger partial charge is 0.238 e. The molecule has 0 bridgehead atoms. The van der Waals surface area contributed by atoms with Gasteiger partial charge in [0.1, 0.15) is 5.82 Å². The summed E-state index contributed by atoms with van der Waals surface area (Å²) < 4.78 is 13.0. The lowest BCUT2D eigenvalue weighted by atomic mass is 9.95. The van der Waals surface area contributed by atoms with Gasteiger partial charge in [-0.1, -0.05) is 32.8 Å². The maximum absolute atomic E-state index is 13.0. The maximum Gasteiger partial charge on any atom is 0.238 e. The molecule has 0 fully saturated rings. The van der Waals surface area contributed by atoms with E-state index in [0.29, 0.717) is 17.6 Å². The van der Waals surface area contributed by atoms with Crippen LogP contribution < -0.4 is 10.6 Å². The zero-order valence-corrected chi connectivity index (χ0v) is 11.9. The number of carbonyl (C=O) groups is 1. The molecule has 0 aliphatic rings. The average molecular weight is 266 g/mol. The molecular weight excluding hydrogens is 243 g/mol. The van der Waals surface area contributed by atoms with Crippen LogP contribution in [0.4, 0.5) is 10.1 Å². The number of carbonyl (C=O) groups excluding carboxylic acids is 1. The molecule has 1 amide bonds. The van der Waals surface area contributed by atoms with E-state index >= 15 is 0 Å². The van der Waals surface area contributed by atoms with E-state index in [4.69, 9.17) is 0 Å². The van der Waals surface area contributed by atoms with Crippen molar-refractivity contribution in [2.24, 2.45) is 5.92 Å². The highest BCUT2D eigenvalue weighted by molar-refractivity contribution is 5.92. The molecule has 19 heavy (non-hydrogen) atoms. The van der Waals surface area contributed by atoms with Crippen LogP contribution in [0.25, 0.3) is 0 Å². The first kappa shape index (κ1) is 15.6. The van der Waals surface area contributed by atoms with Crippen LogP contribution in [0.5, 0.6) is 0 Å². The molecule has 1 aromatic carbocycles. The van der Waals surface area contributed by atoms with Gasteiger partial charge in [-0.25, -0.2) is 4.39 Å². The van der Waals surface area contributed by atoms with Gasteiger partial charge < -0.3 is 10.6 Å². The molecule has 0 heterocycles. The monoisotopic (exact) mass is 266 g/mol. The molecule has 0 aliphatic carbocycles. The Morgan fingerprint density at radius 3 is 2.58 bits per heavy atom. The lowest BCUT2D eigenvalue weighted by molar-refractivity contribution is -0.115. The first-order valence-corrected chi connectivity index (χ1v) is 6.85. The molecule has 1 aromatic rings. The summed E-state index contributed by atoms with van der Waals surface area (Å²) in [6.07, 6.45) is 2.19. The van der Waals surface area contributed by atoms with Gasteiger partial charge in [0.2, 0.25) is 5.91 Å². The van der Waals surface area contributed by atoms with E-state index < -0.39 is 0 Å². The van der Waals surface area contributed by atoms with Gasteiger partial charge >= 0.3 is 0 Å². The Kier molecular flexibility index (Phi) is 6.50. The predicted molar refractivity (Wildman–Crippen MR) is 76.6 cm³/mol. The van der Waals surface area contributed by atoms with Crippen LogP contribution in [0.1, 0.15) is 33.6 Å². The summed E-state index contributed by atoms with van der Waals surface area (Å²) in [6.45, 7) is 6.64. The second kappa shape index (κ2) is 7.89. The third kappa shape index (κ3) is 5.39. The largest absolute Gasteiger partial charge is 0.325 e. The number of benzene rings is 1. The minimum atomic E-state index is -0.351. The molecule has 0 aromatic heterocycles. The Bertz CT molecular complexity index is 405. The van der Waals surface area contributed by atoms with Gasteiger partial charge in [0.05, 0.1) is 6.54 Å². The summed E-state index contributed by atoms with van der Waals surface area (Å²) in [6, 6.07) is 6.20. The van der Waals surface area contributed by atoms with Crippen LogP contribution in [-0.2, 0) is 4.79 Å². The van der Waals surface area contributed by atoms with E-state index in [2.05, 4.69) is 31.4 Å². The molecule has 1 rings (SSSR count). The number of hydrogen-bond acceptors (Lipinski definition) is 2. The fourth-order valence-electron chi connectivity index (χ4n) is 2.19. The highest BCUT2D eigenvalue weighted by Crippen LogP contribution is 2.12. The normalized spacial score (nSPS) is 12.5. The Morgan fingerprint density at radius 2 is 2.00 bits per heavy atom. The van der Waals surface area contributed by atoms with Crippen LogP contribution in [0, 0.1) is 11.7 Å². The molecule has 4 heteroatoms. The van der Waals surface area contributed by atoms with Crippen molar-refractivity contribution in [3.63, 3.8) is 0 Å². The van der Waals surface area contributed by atoms with Gasteiger partial charge in [-0.2, -0.15) is 0 Å². The Hall–Kier alpha value is -1.42. The standard InChI is InChI=1S/C15H23FN2O/c1-4-12(5-2)11(3)17-10-15(19)18-14-8-6-7-13(16)9-14/h6-9,11-12,17H,4-5,10H2,1-3H3,(H,18,19). The number of nitrogens with one attached hydrogen (secondary N) is 2. The van der Waals surface area contributed by atoms with E-state index in [1.54, 1.807) is 12.1 Å². The topological polar surface area (TPSA) is 41.1 Å². The van der Waals surface area contributed by atoms with Crippen molar-refractivity contribution in [3.8, 4) is 0 Å². The zero-order chi connectivity index (χ0) is 14.3. The minimum Gasteiger partial charge on any atom is -0.325 e. The van der Waals surface area contributed by atoms with Crippen LogP contribution in [0.3, 0.4) is 0 Å². The molecule has 1 atom stereocenters. The average Bonchev–Trinajstić information content (AvgIpc) is 2.38. The van der Waals surface area contributed by atoms with Gasteiger partial charge in [0, 0.05) is 11.7 Å². The van der Waals surface area contributed by atoms with E-state index in [0.717, 1.165) is 12.8 Å². The van der Waals surface area contributed by atoms with Crippen LogP contribution >= 0.6 is 0 Å². The van der Waals surface area contributed by atoms with Crippen molar-refractivity contribution in [3.05, 3.63) is 30.1 Å². The lowest BCUT2D eigenvalue weighted by Crippen LogP contribution is -2.38. The summed E-state index contributed by atoms with van der Waals surface area (Å²) in [7, 11) is 0. The molecule has 106 valence electrons. The van der Waals surface area contributed by atoms with E-state index in [-0.39, 0.29) is 18.3 Å². The highest BCUT2D eigenvalue weighted by Gasteiger charge is 2.14. The Balaban J connectivity index is 2.39. The highest BCUT2D eigenvalue weighted by atomic mass is 19.1. The first-order valence-electron chi connectivity index (χ1n) is 6.85. The summed E-state index contributed by atoms with van der Waals surface area (Å²) in [5.41, 5.74) is 0.488. The van der Waals surface area contributed by atoms with E-state index in [1.165, 1.54) is 12.1 Å². The second-order valence-corrected chi connectivity index (χ2v) is 4.80. The van der Waals surface area contributed by atoms with Crippen molar-refractivity contribution in [2.75, 3.05) is 11.9 Å². The van der Waals surface area contributed by atoms with Crippen molar-refractivity contribution >= 4 is 11.6 Å². The number of hydrogen-bond donors (Lipinski definition) is 2. The summed E-state index contributed by atoms with van der Waals surface area (Å²) in [5, 5.41) is 5.89. The van der Waals surface area contributed by atoms with Crippen molar-refractivity contribution in [1.29, 1.82) is 0 Å². The fourth-order valence-corrected chi connectivity index (χ4v) is 2.19. The molecule has 0 saturated heterocycles. The van der Waals surface area contributed by atoms with Crippen LogP contribution in [0.15, 0.2) is 24.3 Å². The zero-order valence-electron chi connectivity index (χ0n) is 11.9. The number of anilines is 1. The maximum atomic E-state index is 13.0. The lowest BCUT2D eigenvalue weighted by Gasteiger charge is -2.22. The summed E-state index contributed by atoms with van der Waals surface area (Å²) >= 11 is 0. The van der Waals surface area contributed by atoms with Gasteiger partial charge in [0.25, 0.3) is 0 Å². The van der Waals surface area contributed by atoms with Gasteiger partial charge in [-0.15, -0.1) is 0 Å². The molecule has 3 nitrogen and oxygen atoms in total. The second-order valence-electron chi connectivity index (χ2n) is 4.80. The van der Waals surface area contributed by atoms with E-state index in [1.807, 2.05) is 0 Å². The molecule has 2 N–H and O–H groups in total. The molecular formula is C15H23FN2O. The number of halogens is 1. The third-order valence-corrected chi connectivity index (χ3v) is 3.45. The van der Waals surface area contributed by atoms with Gasteiger partial charge in [0.15, 0.2) is 0 Å². The van der Waals surface area contributed by atoms with Crippen LogP contribution in [0.2, 0.25) is 0 Å². The minimum absolute atomic E-state index is 0.150. The molecule has 0 aliphatic heterocycles. The SMILES string of the molecule is CCC(CC)C(C)NCC(=O)Nc1cccc(F)c1. The number of rotatable bonds is 7. The third-order valence-electron chi connectivity index (χ3n) is 3.45. The van der Waals surface area contributed by atoms with Crippen LogP contribution in [-0.4, -0.2) is 18.5 Å². The van der Waals surface area contributed by atoms with Gasteiger partial charge in [-0.05, 0) is 31.0 Å². The van der Waals surface area contributed by atoms with Crippen molar-refractivity contribution in [2.45, 2.75) is 39.7 Å².